The van der Waals surface area contributed by atoms with E-state index in [0.29, 0.717) is 17.4 Å². The van der Waals surface area contributed by atoms with Crippen molar-refractivity contribution in [2.24, 2.45) is 10.9 Å². The number of hydrogen-bond acceptors (Lipinski definition) is 4. The lowest BCUT2D eigenvalue weighted by molar-refractivity contribution is 0.318. The van der Waals surface area contributed by atoms with Crippen LogP contribution in [0.3, 0.4) is 0 Å². The molecule has 0 spiro atoms. The van der Waals surface area contributed by atoms with Gasteiger partial charge in [0.15, 0.2) is 5.84 Å². The van der Waals surface area contributed by atoms with Gasteiger partial charge in [-0.2, -0.15) is 0 Å². The normalized spacial score (nSPS) is 11.7. The summed E-state index contributed by atoms with van der Waals surface area (Å²) in [5.41, 5.74) is 7.06. The number of rotatable bonds is 4. The lowest BCUT2D eigenvalue weighted by Gasteiger charge is -2.09. The van der Waals surface area contributed by atoms with Gasteiger partial charge in [-0.05, 0) is 35.7 Å². The van der Waals surface area contributed by atoms with Gasteiger partial charge in [-0.1, -0.05) is 31.1 Å². The molecule has 0 fully saturated rings. The predicted octanol–water partition coefficient (Wildman–Crippen LogP) is 3.09. The topological polar surface area (TPSA) is 80.7 Å². The number of pyridine rings is 1. The van der Waals surface area contributed by atoms with Crippen LogP contribution in [0.5, 0.6) is 11.5 Å². The number of amidine groups is 1. The van der Waals surface area contributed by atoms with Crippen LogP contribution in [0.15, 0.2) is 47.8 Å². The van der Waals surface area contributed by atoms with Gasteiger partial charge in [0.25, 0.3) is 0 Å². The minimum atomic E-state index is -0.0293. The molecule has 1 heterocycles. The van der Waals surface area contributed by atoms with Gasteiger partial charge in [0.2, 0.25) is 0 Å². The second kappa shape index (κ2) is 6.06. The Kier molecular flexibility index (Phi) is 4.20. The Morgan fingerprint density at radius 3 is 2.65 bits per heavy atom. The molecule has 1 aromatic heterocycles. The third kappa shape index (κ3) is 3.26. The van der Waals surface area contributed by atoms with Crippen LogP contribution >= 0.6 is 0 Å². The molecule has 0 saturated heterocycles. The highest BCUT2D eigenvalue weighted by Crippen LogP contribution is 2.24. The maximum atomic E-state index is 8.57. The monoisotopic (exact) mass is 271 g/mol. The molecule has 0 radical (unpaired) electrons. The number of aromatic nitrogens is 1. The van der Waals surface area contributed by atoms with Crippen molar-refractivity contribution in [2.75, 3.05) is 0 Å². The van der Waals surface area contributed by atoms with Gasteiger partial charge < -0.3 is 15.7 Å². The summed E-state index contributed by atoms with van der Waals surface area (Å²) in [6.45, 7) is 4.26. The summed E-state index contributed by atoms with van der Waals surface area (Å²) in [5.74, 6) is 1.77. The molecule has 0 atom stereocenters. The second-order valence-corrected chi connectivity index (χ2v) is 4.69. The molecule has 2 aromatic rings. The van der Waals surface area contributed by atoms with E-state index in [1.54, 1.807) is 12.1 Å². The van der Waals surface area contributed by atoms with E-state index >= 15 is 0 Å². The molecule has 1 aromatic carbocycles. The molecular weight excluding hydrogens is 254 g/mol. The van der Waals surface area contributed by atoms with E-state index in [-0.39, 0.29) is 5.84 Å². The van der Waals surface area contributed by atoms with Gasteiger partial charge in [-0.15, -0.1) is 0 Å². The quantitative estimate of drug-likeness (QED) is 0.387. The number of ether oxygens (including phenoxy) is 1. The Balaban J connectivity index is 2.16. The first-order valence-electron chi connectivity index (χ1n) is 6.32. The van der Waals surface area contributed by atoms with E-state index in [0.717, 1.165) is 5.75 Å². The van der Waals surface area contributed by atoms with Gasteiger partial charge in [0.1, 0.15) is 17.2 Å². The van der Waals surface area contributed by atoms with E-state index in [1.807, 2.05) is 18.2 Å². The van der Waals surface area contributed by atoms with Crippen molar-refractivity contribution in [3.8, 4) is 11.5 Å². The Morgan fingerprint density at radius 1 is 1.25 bits per heavy atom. The molecular formula is C15H17N3O2. The third-order valence-electron chi connectivity index (χ3n) is 2.87. The Morgan fingerprint density at radius 2 is 2.05 bits per heavy atom. The molecule has 20 heavy (non-hydrogen) atoms. The highest BCUT2D eigenvalue weighted by Gasteiger charge is 2.04. The van der Waals surface area contributed by atoms with Crippen molar-refractivity contribution in [2.45, 2.75) is 19.8 Å². The van der Waals surface area contributed by atoms with Crippen LogP contribution in [0.25, 0.3) is 0 Å². The standard InChI is InChI=1S/C15H17N3O2/c1-10(2)11-4-3-5-12(8-11)20-13-6-7-14(17-9-13)15(16)18-19/h3-10,19H,1-2H3,(H2,16,18). The number of hydrogen-bond donors (Lipinski definition) is 2. The summed E-state index contributed by atoms with van der Waals surface area (Å²) < 4.78 is 5.73. The first-order valence-corrected chi connectivity index (χ1v) is 6.32. The highest BCUT2D eigenvalue weighted by molar-refractivity contribution is 5.95. The van der Waals surface area contributed by atoms with Crippen molar-refractivity contribution in [1.82, 2.24) is 4.98 Å². The summed E-state index contributed by atoms with van der Waals surface area (Å²) >= 11 is 0. The predicted molar refractivity (Wildman–Crippen MR) is 77.4 cm³/mol. The molecule has 104 valence electrons. The number of benzene rings is 1. The molecule has 5 nitrogen and oxygen atoms in total. The van der Waals surface area contributed by atoms with Crippen LogP contribution in [0.1, 0.15) is 31.0 Å². The molecule has 3 N–H and O–H groups in total. The summed E-state index contributed by atoms with van der Waals surface area (Å²) in [6.07, 6.45) is 1.54. The van der Waals surface area contributed by atoms with E-state index in [9.17, 15) is 0 Å². The van der Waals surface area contributed by atoms with Crippen LogP contribution in [-0.2, 0) is 0 Å². The van der Waals surface area contributed by atoms with Crippen molar-refractivity contribution < 1.29 is 9.94 Å². The highest BCUT2D eigenvalue weighted by atomic mass is 16.5. The number of nitrogens with two attached hydrogens (primary N) is 1. The Labute approximate surface area is 117 Å². The van der Waals surface area contributed by atoms with Crippen LogP contribution in [0.2, 0.25) is 0 Å². The number of oxime groups is 1. The average Bonchev–Trinajstić information content (AvgIpc) is 2.47. The molecule has 0 bridgehead atoms. The zero-order valence-corrected chi connectivity index (χ0v) is 11.4. The fraction of sp³-hybridized carbons (Fsp3) is 0.200. The first kappa shape index (κ1) is 13.9. The van der Waals surface area contributed by atoms with Gasteiger partial charge in [0, 0.05) is 0 Å². The Bertz CT molecular complexity index is 607. The lowest BCUT2D eigenvalue weighted by atomic mass is 10.0. The lowest BCUT2D eigenvalue weighted by Crippen LogP contribution is -2.14. The summed E-state index contributed by atoms with van der Waals surface area (Å²) in [4.78, 5) is 4.06. The number of nitrogens with zero attached hydrogens (tertiary/aromatic N) is 2. The molecule has 0 saturated carbocycles. The molecule has 5 heteroatoms. The molecule has 0 unspecified atom stereocenters. The Hall–Kier alpha value is -2.56. The third-order valence-corrected chi connectivity index (χ3v) is 2.87. The van der Waals surface area contributed by atoms with Gasteiger partial charge >= 0.3 is 0 Å². The van der Waals surface area contributed by atoms with Crippen molar-refractivity contribution in [3.05, 3.63) is 53.9 Å². The molecule has 2 rings (SSSR count). The van der Waals surface area contributed by atoms with Gasteiger partial charge in [-0.3, -0.25) is 0 Å². The summed E-state index contributed by atoms with van der Waals surface area (Å²) in [6, 6.07) is 11.3. The van der Waals surface area contributed by atoms with Crippen LogP contribution in [-0.4, -0.2) is 16.0 Å². The summed E-state index contributed by atoms with van der Waals surface area (Å²) in [5, 5.41) is 11.5. The fourth-order valence-corrected chi connectivity index (χ4v) is 1.72. The van der Waals surface area contributed by atoms with E-state index in [1.165, 1.54) is 11.8 Å². The van der Waals surface area contributed by atoms with Crippen molar-refractivity contribution >= 4 is 5.84 Å². The average molecular weight is 271 g/mol. The molecule has 0 aliphatic rings. The summed E-state index contributed by atoms with van der Waals surface area (Å²) in [7, 11) is 0. The zero-order valence-electron chi connectivity index (χ0n) is 11.4. The maximum absolute atomic E-state index is 8.57. The zero-order chi connectivity index (χ0) is 14.5. The maximum Gasteiger partial charge on any atom is 0.188 e. The van der Waals surface area contributed by atoms with Crippen LogP contribution in [0, 0.1) is 0 Å². The largest absolute Gasteiger partial charge is 0.456 e. The van der Waals surface area contributed by atoms with E-state index in [4.69, 9.17) is 15.7 Å². The smallest absolute Gasteiger partial charge is 0.188 e. The molecule has 0 aliphatic carbocycles. The SMILES string of the molecule is CC(C)c1cccc(Oc2ccc(/C(N)=N/O)nc2)c1. The first-order chi connectivity index (χ1) is 9.60. The molecule has 0 amide bonds. The minimum Gasteiger partial charge on any atom is -0.456 e. The van der Waals surface area contributed by atoms with Crippen LogP contribution < -0.4 is 10.5 Å². The van der Waals surface area contributed by atoms with Gasteiger partial charge in [-0.25, -0.2) is 4.98 Å². The second-order valence-electron chi connectivity index (χ2n) is 4.69. The minimum absolute atomic E-state index is 0.0293. The van der Waals surface area contributed by atoms with Crippen molar-refractivity contribution in [3.63, 3.8) is 0 Å². The van der Waals surface area contributed by atoms with Gasteiger partial charge in [0.05, 0.1) is 6.20 Å². The van der Waals surface area contributed by atoms with E-state index < -0.39 is 0 Å². The van der Waals surface area contributed by atoms with Crippen LogP contribution in [0.4, 0.5) is 0 Å². The molecule has 0 aliphatic heterocycles. The fourth-order valence-electron chi connectivity index (χ4n) is 1.72. The van der Waals surface area contributed by atoms with E-state index in [2.05, 4.69) is 30.1 Å². The van der Waals surface area contributed by atoms with Crippen molar-refractivity contribution in [1.29, 1.82) is 0 Å².